The maximum absolute atomic E-state index is 11.7. The van der Waals surface area contributed by atoms with Crippen LogP contribution < -0.4 is 9.79 Å². The van der Waals surface area contributed by atoms with Gasteiger partial charge in [-0.1, -0.05) is 29.3 Å². The van der Waals surface area contributed by atoms with E-state index in [1.54, 1.807) is 49.4 Å². The second kappa shape index (κ2) is 4.20. The smallest absolute Gasteiger partial charge is 0.315 e. The Kier molecular flexibility index (Phi) is 2.74. The Labute approximate surface area is 93.5 Å². The number of aromatic nitrogens is 1. The molecule has 0 amide bonds. The Balaban J connectivity index is 2.42. The zero-order valence-electron chi connectivity index (χ0n) is 8.87. The van der Waals surface area contributed by atoms with Gasteiger partial charge in [0, 0.05) is 6.07 Å². The summed E-state index contributed by atoms with van der Waals surface area (Å²) in [4.78, 5) is 0. The van der Waals surface area contributed by atoms with Crippen LogP contribution in [0.5, 0.6) is 0 Å². The van der Waals surface area contributed by atoms with Crippen molar-refractivity contribution in [1.82, 2.24) is 0 Å². The fourth-order valence-electron chi connectivity index (χ4n) is 1.45. The van der Waals surface area contributed by atoms with Crippen molar-refractivity contribution in [3.63, 3.8) is 0 Å². The van der Waals surface area contributed by atoms with Crippen molar-refractivity contribution in [3.05, 3.63) is 59.4 Å². The Bertz CT molecular complexity index is 486. The van der Waals surface area contributed by atoms with E-state index in [9.17, 15) is 10.4 Å². The van der Waals surface area contributed by atoms with Crippen molar-refractivity contribution >= 4 is 11.5 Å². The number of rotatable bonds is 2. The SMILES string of the molecule is Cc1cccc(N(O)c2ccccc2)[n+]1[O-]. The maximum Gasteiger partial charge on any atom is 0.315 e. The molecule has 0 bridgehead atoms. The highest BCUT2D eigenvalue weighted by molar-refractivity contribution is 5.54. The summed E-state index contributed by atoms with van der Waals surface area (Å²) in [7, 11) is 0. The summed E-state index contributed by atoms with van der Waals surface area (Å²) in [6.07, 6.45) is 0. The van der Waals surface area contributed by atoms with Crippen molar-refractivity contribution in [2.24, 2.45) is 0 Å². The molecule has 2 rings (SSSR count). The lowest BCUT2D eigenvalue weighted by atomic mass is 10.3. The first-order chi connectivity index (χ1) is 7.70. The molecule has 0 aliphatic heterocycles. The standard InChI is InChI=1S/C12H12N2O2/c1-10-6-5-9-12(13(10)15)14(16)11-7-3-2-4-8-11/h2-9,16H,1H3. The number of hydrogen-bond acceptors (Lipinski definition) is 3. The van der Waals surface area contributed by atoms with Gasteiger partial charge in [-0.3, -0.25) is 0 Å². The summed E-state index contributed by atoms with van der Waals surface area (Å²) < 4.78 is 0.688. The molecule has 0 saturated heterocycles. The van der Waals surface area contributed by atoms with Crippen molar-refractivity contribution in [3.8, 4) is 0 Å². The van der Waals surface area contributed by atoms with Crippen molar-refractivity contribution in [1.29, 1.82) is 0 Å². The van der Waals surface area contributed by atoms with Gasteiger partial charge in [-0.15, -0.1) is 0 Å². The summed E-state index contributed by atoms with van der Waals surface area (Å²) >= 11 is 0. The summed E-state index contributed by atoms with van der Waals surface area (Å²) in [6.45, 7) is 1.69. The minimum atomic E-state index is 0.186. The Morgan fingerprint density at radius 1 is 1.06 bits per heavy atom. The van der Waals surface area contributed by atoms with Crippen LogP contribution in [-0.4, -0.2) is 5.21 Å². The minimum Gasteiger partial charge on any atom is -0.710 e. The number of nitrogens with zero attached hydrogens (tertiary/aromatic N) is 2. The van der Waals surface area contributed by atoms with Gasteiger partial charge >= 0.3 is 5.82 Å². The molecule has 0 saturated carbocycles. The first kappa shape index (κ1) is 10.4. The minimum absolute atomic E-state index is 0.186. The van der Waals surface area contributed by atoms with Crippen LogP contribution in [0.25, 0.3) is 0 Å². The summed E-state index contributed by atoms with van der Waals surface area (Å²) in [5, 5.41) is 22.5. The quantitative estimate of drug-likeness (QED) is 0.475. The summed E-state index contributed by atoms with van der Waals surface area (Å²) in [5.41, 5.74) is 1.09. The molecular weight excluding hydrogens is 204 g/mol. The zero-order valence-corrected chi connectivity index (χ0v) is 8.87. The highest BCUT2D eigenvalue weighted by Crippen LogP contribution is 2.19. The maximum atomic E-state index is 11.7. The van der Waals surface area contributed by atoms with Gasteiger partial charge in [0.1, 0.15) is 5.69 Å². The van der Waals surface area contributed by atoms with Crippen molar-refractivity contribution in [2.45, 2.75) is 6.92 Å². The number of anilines is 2. The largest absolute Gasteiger partial charge is 0.710 e. The number of para-hydroxylation sites is 1. The lowest BCUT2D eigenvalue weighted by Gasteiger charge is -2.15. The lowest BCUT2D eigenvalue weighted by Crippen LogP contribution is -2.36. The molecule has 0 radical (unpaired) electrons. The van der Waals surface area contributed by atoms with E-state index < -0.39 is 0 Å². The second-order valence-corrected chi connectivity index (χ2v) is 3.47. The third kappa shape index (κ3) is 1.83. The molecule has 16 heavy (non-hydrogen) atoms. The van der Waals surface area contributed by atoms with Crippen LogP contribution in [-0.2, 0) is 0 Å². The highest BCUT2D eigenvalue weighted by atomic mass is 16.5. The molecule has 1 aromatic carbocycles. The molecule has 1 N–H and O–H groups in total. The molecule has 0 unspecified atom stereocenters. The first-order valence-corrected chi connectivity index (χ1v) is 4.93. The Morgan fingerprint density at radius 3 is 2.44 bits per heavy atom. The van der Waals surface area contributed by atoms with Gasteiger partial charge in [-0.05, 0) is 25.1 Å². The van der Waals surface area contributed by atoms with Gasteiger partial charge in [-0.2, -0.15) is 0 Å². The summed E-state index contributed by atoms with van der Waals surface area (Å²) in [6, 6.07) is 13.9. The van der Waals surface area contributed by atoms with Crippen LogP contribution >= 0.6 is 0 Å². The predicted octanol–water partition coefficient (Wildman–Crippen LogP) is 2.16. The van der Waals surface area contributed by atoms with E-state index in [0.29, 0.717) is 16.1 Å². The number of benzene rings is 1. The highest BCUT2D eigenvalue weighted by Gasteiger charge is 2.17. The molecule has 4 nitrogen and oxygen atoms in total. The molecule has 0 aliphatic carbocycles. The number of pyridine rings is 1. The average molecular weight is 216 g/mol. The molecule has 2 aromatic rings. The normalized spacial score (nSPS) is 10.1. The molecule has 82 valence electrons. The van der Waals surface area contributed by atoms with Gasteiger partial charge in [0.25, 0.3) is 0 Å². The fourth-order valence-corrected chi connectivity index (χ4v) is 1.45. The van der Waals surface area contributed by atoms with Crippen LogP contribution in [0, 0.1) is 12.1 Å². The third-order valence-corrected chi connectivity index (χ3v) is 2.33. The predicted molar refractivity (Wildman–Crippen MR) is 60.5 cm³/mol. The molecule has 0 atom stereocenters. The van der Waals surface area contributed by atoms with Crippen LogP contribution in [0.2, 0.25) is 0 Å². The van der Waals surface area contributed by atoms with E-state index in [2.05, 4.69) is 0 Å². The van der Waals surface area contributed by atoms with Crippen LogP contribution in [0.3, 0.4) is 0 Å². The van der Waals surface area contributed by atoms with E-state index in [-0.39, 0.29) is 5.82 Å². The van der Waals surface area contributed by atoms with Crippen LogP contribution in [0.4, 0.5) is 11.5 Å². The molecule has 0 spiro atoms. The van der Waals surface area contributed by atoms with Crippen molar-refractivity contribution in [2.75, 3.05) is 5.06 Å². The average Bonchev–Trinajstić information content (AvgIpc) is 2.33. The Morgan fingerprint density at radius 2 is 1.75 bits per heavy atom. The van der Waals surface area contributed by atoms with Gasteiger partial charge < -0.3 is 5.21 Å². The zero-order chi connectivity index (χ0) is 11.5. The van der Waals surface area contributed by atoms with E-state index in [1.807, 2.05) is 6.07 Å². The summed E-state index contributed by atoms with van der Waals surface area (Å²) in [5.74, 6) is 0.186. The monoisotopic (exact) mass is 216 g/mol. The molecular formula is C12H12N2O2. The number of hydrogen-bond donors (Lipinski definition) is 1. The molecule has 0 fully saturated rings. The second-order valence-electron chi connectivity index (χ2n) is 3.47. The molecule has 1 heterocycles. The lowest BCUT2D eigenvalue weighted by molar-refractivity contribution is -0.600. The number of aryl methyl sites for hydroxylation is 1. The van der Waals surface area contributed by atoms with Crippen LogP contribution in [0.15, 0.2) is 48.5 Å². The van der Waals surface area contributed by atoms with Gasteiger partial charge in [0.15, 0.2) is 5.69 Å². The Hall–Kier alpha value is -2.07. The van der Waals surface area contributed by atoms with E-state index in [0.717, 1.165) is 5.06 Å². The molecule has 0 aliphatic rings. The molecule has 4 heteroatoms. The van der Waals surface area contributed by atoms with E-state index in [4.69, 9.17) is 0 Å². The van der Waals surface area contributed by atoms with Gasteiger partial charge in [-0.25, -0.2) is 9.94 Å². The van der Waals surface area contributed by atoms with Gasteiger partial charge in [0.05, 0.1) is 0 Å². The molecule has 1 aromatic heterocycles. The van der Waals surface area contributed by atoms with E-state index in [1.165, 1.54) is 0 Å². The van der Waals surface area contributed by atoms with Crippen LogP contribution in [0.1, 0.15) is 5.69 Å². The third-order valence-electron chi connectivity index (χ3n) is 2.33. The van der Waals surface area contributed by atoms with E-state index >= 15 is 0 Å². The topological polar surface area (TPSA) is 50.4 Å². The fraction of sp³-hybridized carbons (Fsp3) is 0.0833. The van der Waals surface area contributed by atoms with Gasteiger partial charge in [0.2, 0.25) is 0 Å². The first-order valence-electron chi connectivity index (χ1n) is 4.93. The van der Waals surface area contributed by atoms with Crippen molar-refractivity contribution < 1.29 is 9.94 Å².